The second kappa shape index (κ2) is 8.34. The molecule has 0 aromatic heterocycles. The molecule has 3 heterocycles. The number of carbonyl (C=O) groups is 2. The molecular weight excluding hydrogens is 314 g/mol. The van der Waals surface area contributed by atoms with Crippen LogP contribution in [0.4, 0.5) is 0 Å². The highest BCUT2D eigenvalue weighted by molar-refractivity contribution is 5.88. The van der Waals surface area contributed by atoms with Crippen molar-refractivity contribution in [3.63, 3.8) is 0 Å². The zero-order valence-corrected chi connectivity index (χ0v) is 14.9. The number of nitrogens with one attached hydrogen (secondary N) is 2. The van der Waals surface area contributed by atoms with E-state index in [9.17, 15) is 9.59 Å². The lowest BCUT2D eigenvalue weighted by Crippen LogP contribution is -2.56. The molecule has 3 saturated heterocycles. The van der Waals surface area contributed by atoms with Gasteiger partial charge < -0.3 is 15.5 Å². The first-order valence-corrected chi connectivity index (χ1v) is 9.03. The minimum absolute atomic E-state index is 0. The maximum Gasteiger partial charge on any atom is 0.243 e. The summed E-state index contributed by atoms with van der Waals surface area (Å²) in [5.74, 6) is 0.225. The van der Waals surface area contributed by atoms with Crippen molar-refractivity contribution in [2.24, 2.45) is 0 Å². The fourth-order valence-corrected chi connectivity index (χ4v) is 4.33. The van der Waals surface area contributed by atoms with Crippen LogP contribution in [0.3, 0.4) is 0 Å². The van der Waals surface area contributed by atoms with Crippen LogP contribution < -0.4 is 10.6 Å². The Kier molecular flexibility index (Phi) is 6.72. The third-order valence-corrected chi connectivity index (χ3v) is 5.41. The molecule has 3 rings (SSSR count). The summed E-state index contributed by atoms with van der Waals surface area (Å²) in [5.41, 5.74) is 0. The summed E-state index contributed by atoms with van der Waals surface area (Å²) in [6.45, 7) is 2.76. The quantitative estimate of drug-likeness (QED) is 0.820. The Bertz CT molecular complexity index is 420. The lowest BCUT2D eigenvalue weighted by Gasteiger charge is -2.37. The van der Waals surface area contributed by atoms with Gasteiger partial charge >= 0.3 is 0 Å². The Balaban J connectivity index is 0.00000192. The van der Waals surface area contributed by atoms with Crippen LogP contribution in [-0.2, 0) is 9.59 Å². The van der Waals surface area contributed by atoms with Crippen molar-refractivity contribution in [3.05, 3.63) is 0 Å². The van der Waals surface area contributed by atoms with Crippen LogP contribution in [-0.4, -0.2) is 47.4 Å². The van der Waals surface area contributed by atoms with E-state index in [0.717, 1.165) is 45.1 Å². The van der Waals surface area contributed by atoms with Crippen LogP contribution in [0.1, 0.15) is 64.7 Å². The van der Waals surface area contributed by atoms with Crippen molar-refractivity contribution in [2.75, 3.05) is 6.54 Å². The minimum Gasteiger partial charge on any atom is -0.351 e. The van der Waals surface area contributed by atoms with Crippen molar-refractivity contribution in [3.8, 4) is 0 Å². The van der Waals surface area contributed by atoms with Crippen LogP contribution in [0.15, 0.2) is 0 Å². The summed E-state index contributed by atoms with van der Waals surface area (Å²) in [7, 11) is 0. The number of amides is 2. The average Bonchev–Trinajstić information content (AvgIpc) is 2.86. The molecule has 3 aliphatic rings. The Labute approximate surface area is 145 Å². The number of hydrogen-bond acceptors (Lipinski definition) is 3. The first kappa shape index (κ1) is 18.5. The number of likely N-dealkylation sites (tertiary alicyclic amines) is 1. The number of carbonyl (C=O) groups excluding carboxylic acids is 2. The molecule has 2 amide bonds. The first-order valence-electron chi connectivity index (χ1n) is 9.03. The second-order valence-corrected chi connectivity index (χ2v) is 7.16. The first-order chi connectivity index (χ1) is 10.7. The van der Waals surface area contributed by atoms with Gasteiger partial charge in [0.2, 0.25) is 11.8 Å². The topological polar surface area (TPSA) is 61.4 Å². The zero-order valence-electron chi connectivity index (χ0n) is 14.1. The van der Waals surface area contributed by atoms with E-state index in [-0.39, 0.29) is 36.3 Å². The molecule has 3 aliphatic heterocycles. The van der Waals surface area contributed by atoms with E-state index in [1.54, 1.807) is 0 Å². The molecular formula is C17H30ClN3O2. The smallest absolute Gasteiger partial charge is 0.243 e. The van der Waals surface area contributed by atoms with Crippen molar-refractivity contribution in [2.45, 2.75) is 88.9 Å². The number of hydrogen-bond donors (Lipinski definition) is 2. The Hall–Kier alpha value is -0.810. The summed E-state index contributed by atoms with van der Waals surface area (Å²) in [4.78, 5) is 26.8. The molecule has 5 nitrogen and oxygen atoms in total. The monoisotopic (exact) mass is 343 g/mol. The third-order valence-electron chi connectivity index (χ3n) is 5.41. The maximum absolute atomic E-state index is 12.7. The molecule has 0 spiro atoms. The van der Waals surface area contributed by atoms with Crippen molar-refractivity contribution in [1.29, 1.82) is 0 Å². The van der Waals surface area contributed by atoms with Gasteiger partial charge in [-0.05, 0) is 51.4 Å². The van der Waals surface area contributed by atoms with Gasteiger partial charge in [0.15, 0.2) is 0 Å². The Morgan fingerprint density at radius 3 is 2.48 bits per heavy atom. The van der Waals surface area contributed by atoms with Gasteiger partial charge in [-0.1, -0.05) is 6.92 Å². The van der Waals surface area contributed by atoms with Gasteiger partial charge in [-0.2, -0.15) is 0 Å². The summed E-state index contributed by atoms with van der Waals surface area (Å²) in [5, 5.41) is 6.84. The molecule has 2 bridgehead atoms. The predicted octanol–water partition coefficient (Wildman–Crippen LogP) is 1.99. The number of halogens is 1. The third kappa shape index (κ3) is 4.38. The second-order valence-electron chi connectivity index (χ2n) is 7.16. The number of rotatable bonds is 4. The highest BCUT2D eigenvalue weighted by Crippen LogP contribution is 2.27. The fourth-order valence-electron chi connectivity index (χ4n) is 4.33. The summed E-state index contributed by atoms with van der Waals surface area (Å²) < 4.78 is 0. The molecule has 132 valence electrons. The van der Waals surface area contributed by atoms with E-state index in [4.69, 9.17) is 0 Å². The number of fused-ring (bicyclic) bond motifs is 2. The normalized spacial score (nSPS) is 33.0. The fraction of sp³-hybridized carbons (Fsp3) is 0.882. The zero-order chi connectivity index (χ0) is 15.5. The van der Waals surface area contributed by atoms with Gasteiger partial charge in [-0.3, -0.25) is 9.59 Å². The van der Waals surface area contributed by atoms with Crippen LogP contribution in [0.2, 0.25) is 0 Å². The summed E-state index contributed by atoms with van der Waals surface area (Å²) >= 11 is 0. The number of piperidine rings is 2. The lowest BCUT2D eigenvalue weighted by molar-refractivity contribution is -0.142. The molecule has 23 heavy (non-hydrogen) atoms. The maximum atomic E-state index is 12.7. The SMILES string of the molecule is CCCC(=O)N1CCCCC1C(=O)NC1CC2CCC(C1)N2.Cl. The van der Waals surface area contributed by atoms with Crippen LogP contribution >= 0.6 is 12.4 Å². The van der Waals surface area contributed by atoms with Gasteiger partial charge in [-0.25, -0.2) is 0 Å². The Morgan fingerprint density at radius 2 is 1.83 bits per heavy atom. The molecule has 0 saturated carbocycles. The number of nitrogens with zero attached hydrogens (tertiary/aromatic N) is 1. The minimum atomic E-state index is -0.236. The largest absolute Gasteiger partial charge is 0.351 e. The molecule has 0 aromatic rings. The molecule has 0 aliphatic carbocycles. The van der Waals surface area contributed by atoms with Crippen LogP contribution in [0, 0.1) is 0 Å². The summed E-state index contributed by atoms with van der Waals surface area (Å²) in [6.07, 6.45) is 8.85. The predicted molar refractivity (Wildman–Crippen MR) is 92.6 cm³/mol. The summed E-state index contributed by atoms with van der Waals surface area (Å²) in [6, 6.07) is 1.21. The van der Waals surface area contributed by atoms with Crippen molar-refractivity contribution >= 4 is 24.2 Å². The van der Waals surface area contributed by atoms with E-state index in [1.807, 2.05) is 11.8 Å². The molecule has 6 heteroatoms. The van der Waals surface area contributed by atoms with Gasteiger partial charge in [0.25, 0.3) is 0 Å². The van der Waals surface area contributed by atoms with E-state index in [0.29, 0.717) is 18.5 Å². The van der Waals surface area contributed by atoms with Gasteiger partial charge in [-0.15, -0.1) is 12.4 Å². The standard InChI is InChI=1S/C17H29N3O2.ClH/c1-2-5-16(21)20-9-4-3-6-15(20)17(22)19-14-10-12-7-8-13(11-14)18-12;/h12-15,18H,2-11H2,1H3,(H,19,22);1H. The van der Waals surface area contributed by atoms with Crippen LogP contribution in [0.25, 0.3) is 0 Å². The molecule has 3 fully saturated rings. The van der Waals surface area contributed by atoms with Crippen molar-refractivity contribution < 1.29 is 9.59 Å². The van der Waals surface area contributed by atoms with Gasteiger partial charge in [0, 0.05) is 31.1 Å². The van der Waals surface area contributed by atoms with Crippen molar-refractivity contribution in [1.82, 2.24) is 15.5 Å². The van der Waals surface area contributed by atoms with Gasteiger partial charge in [0.1, 0.15) is 6.04 Å². The van der Waals surface area contributed by atoms with Crippen LogP contribution in [0.5, 0.6) is 0 Å². The van der Waals surface area contributed by atoms with E-state index < -0.39 is 0 Å². The highest BCUT2D eigenvalue weighted by atomic mass is 35.5. The van der Waals surface area contributed by atoms with Gasteiger partial charge in [0.05, 0.1) is 0 Å². The molecule has 0 aromatic carbocycles. The molecule has 2 N–H and O–H groups in total. The molecule has 3 unspecified atom stereocenters. The van der Waals surface area contributed by atoms with E-state index >= 15 is 0 Å². The molecule has 0 radical (unpaired) electrons. The lowest BCUT2D eigenvalue weighted by atomic mass is 9.97. The Morgan fingerprint density at radius 1 is 1.13 bits per heavy atom. The average molecular weight is 344 g/mol. The van der Waals surface area contributed by atoms with E-state index in [2.05, 4.69) is 10.6 Å². The molecule has 3 atom stereocenters. The highest BCUT2D eigenvalue weighted by Gasteiger charge is 2.37. The van der Waals surface area contributed by atoms with E-state index in [1.165, 1.54) is 12.8 Å².